The van der Waals surface area contributed by atoms with Crippen LogP contribution in [0.4, 0.5) is 0 Å². The highest BCUT2D eigenvalue weighted by molar-refractivity contribution is 6.35. The van der Waals surface area contributed by atoms with Gasteiger partial charge >= 0.3 is 0 Å². The van der Waals surface area contributed by atoms with Gasteiger partial charge in [-0.25, -0.2) is 0 Å². The van der Waals surface area contributed by atoms with Crippen LogP contribution in [0.2, 0.25) is 10.0 Å². The van der Waals surface area contributed by atoms with Crippen LogP contribution >= 0.6 is 23.2 Å². The number of nitrogens with zero attached hydrogens (tertiary/aromatic N) is 2. The molecule has 6 heteroatoms. The third-order valence-corrected chi connectivity index (χ3v) is 5.88. The van der Waals surface area contributed by atoms with Gasteiger partial charge in [-0.15, -0.1) is 0 Å². The van der Waals surface area contributed by atoms with Gasteiger partial charge in [-0.1, -0.05) is 23.2 Å². The number of rotatable bonds is 3. The first-order valence-corrected chi connectivity index (χ1v) is 9.09. The summed E-state index contributed by atoms with van der Waals surface area (Å²) in [7, 11) is 5.99. The lowest BCUT2D eigenvalue weighted by Gasteiger charge is -2.40. The Hall–Kier alpha value is -0.810. The molecule has 0 unspecified atom stereocenters. The number of benzene rings is 1. The van der Waals surface area contributed by atoms with E-state index in [9.17, 15) is 4.79 Å². The summed E-state index contributed by atoms with van der Waals surface area (Å²) in [6.45, 7) is 1.59. The molecule has 4 atom stereocenters. The molecule has 4 nitrogen and oxygen atoms in total. The van der Waals surface area contributed by atoms with Crippen molar-refractivity contribution in [1.82, 2.24) is 9.80 Å². The standard InChI is InChI=1S/C18H24Cl2N2O2/c1-21(2)16-6-12-9-22(10-13(12)7-17(16)24-3)18(23)11-4-14(19)8-15(20)5-11/h4-5,8,12-13,16-17H,6-7,9-10H2,1-3H3/t12-,13+,16-,17-/m1/s1. The van der Waals surface area contributed by atoms with E-state index in [1.165, 1.54) is 0 Å². The summed E-state index contributed by atoms with van der Waals surface area (Å²) in [6, 6.07) is 5.44. The predicted molar refractivity (Wildman–Crippen MR) is 96.9 cm³/mol. The van der Waals surface area contributed by atoms with Gasteiger partial charge in [-0.3, -0.25) is 4.79 Å². The highest BCUT2D eigenvalue weighted by atomic mass is 35.5. The van der Waals surface area contributed by atoms with Gasteiger partial charge in [0.2, 0.25) is 0 Å². The number of carbonyl (C=O) groups excluding carboxylic acids is 1. The van der Waals surface area contributed by atoms with Gasteiger partial charge in [0.25, 0.3) is 5.91 Å². The van der Waals surface area contributed by atoms with Crippen LogP contribution in [0.3, 0.4) is 0 Å². The first kappa shape index (κ1) is 18.0. The zero-order valence-electron chi connectivity index (χ0n) is 14.3. The van der Waals surface area contributed by atoms with E-state index in [1.807, 2.05) is 4.90 Å². The van der Waals surface area contributed by atoms with E-state index >= 15 is 0 Å². The SMILES string of the molecule is CO[C@@H]1C[C@H]2CN(C(=O)c3cc(Cl)cc(Cl)c3)C[C@H]2C[C@H]1N(C)C. The van der Waals surface area contributed by atoms with Gasteiger partial charge in [-0.2, -0.15) is 0 Å². The number of hydrogen-bond acceptors (Lipinski definition) is 3. The van der Waals surface area contributed by atoms with Crippen LogP contribution in [0.25, 0.3) is 0 Å². The van der Waals surface area contributed by atoms with Gasteiger partial charge < -0.3 is 14.5 Å². The molecule has 24 heavy (non-hydrogen) atoms. The zero-order chi connectivity index (χ0) is 17.4. The zero-order valence-corrected chi connectivity index (χ0v) is 15.8. The van der Waals surface area contributed by atoms with E-state index < -0.39 is 0 Å². The summed E-state index contributed by atoms with van der Waals surface area (Å²) in [4.78, 5) is 17.0. The van der Waals surface area contributed by atoms with E-state index in [0.29, 0.717) is 33.5 Å². The van der Waals surface area contributed by atoms with Crippen molar-refractivity contribution in [2.75, 3.05) is 34.3 Å². The number of halogens is 2. The van der Waals surface area contributed by atoms with Crippen LogP contribution in [0.1, 0.15) is 23.2 Å². The molecule has 3 rings (SSSR count). The lowest BCUT2D eigenvalue weighted by Crippen LogP contribution is -2.47. The van der Waals surface area contributed by atoms with E-state index in [0.717, 1.165) is 25.9 Å². The highest BCUT2D eigenvalue weighted by Gasteiger charge is 2.44. The molecule has 1 aliphatic heterocycles. The molecule has 0 N–H and O–H groups in total. The summed E-state index contributed by atoms with van der Waals surface area (Å²) in [5, 5.41) is 0.990. The molecule has 1 aromatic rings. The van der Waals surface area contributed by atoms with Crippen molar-refractivity contribution in [2.24, 2.45) is 11.8 Å². The molecular weight excluding hydrogens is 347 g/mol. The van der Waals surface area contributed by atoms with Gasteiger partial charge in [0, 0.05) is 41.8 Å². The first-order valence-electron chi connectivity index (χ1n) is 8.33. The molecule has 1 aliphatic carbocycles. The van der Waals surface area contributed by atoms with Crippen molar-refractivity contribution < 1.29 is 9.53 Å². The summed E-state index contributed by atoms with van der Waals surface area (Å²) in [5.74, 6) is 1.05. The molecule has 1 heterocycles. The van der Waals surface area contributed by atoms with Crippen LogP contribution in [0.5, 0.6) is 0 Å². The van der Waals surface area contributed by atoms with E-state index in [1.54, 1.807) is 25.3 Å². The summed E-state index contributed by atoms with van der Waals surface area (Å²) < 4.78 is 5.71. The fraction of sp³-hybridized carbons (Fsp3) is 0.611. The van der Waals surface area contributed by atoms with Gasteiger partial charge in [0.1, 0.15) is 0 Å². The van der Waals surface area contributed by atoms with Gasteiger partial charge in [0.05, 0.1) is 6.10 Å². The van der Waals surface area contributed by atoms with Crippen molar-refractivity contribution in [2.45, 2.75) is 25.0 Å². The normalized spacial score (nSPS) is 29.8. The molecule has 2 aliphatic rings. The van der Waals surface area contributed by atoms with E-state index in [2.05, 4.69) is 19.0 Å². The third-order valence-electron chi connectivity index (χ3n) is 5.45. The Morgan fingerprint density at radius 1 is 1.12 bits per heavy atom. The Bertz CT molecular complexity index is 603. The molecule has 0 aromatic heterocycles. The molecule has 0 bridgehead atoms. The molecule has 0 spiro atoms. The number of methoxy groups -OCH3 is 1. The maximum Gasteiger partial charge on any atom is 0.253 e. The highest BCUT2D eigenvalue weighted by Crippen LogP contribution is 2.39. The first-order chi connectivity index (χ1) is 11.4. The minimum absolute atomic E-state index is 0.0177. The van der Waals surface area contributed by atoms with Crippen molar-refractivity contribution in [3.05, 3.63) is 33.8 Å². The average molecular weight is 371 g/mol. The third kappa shape index (κ3) is 3.57. The van der Waals surface area contributed by atoms with Crippen molar-refractivity contribution >= 4 is 29.1 Å². The number of likely N-dealkylation sites (N-methyl/N-ethyl adjacent to an activating group) is 1. The second-order valence-corrected chi connectivity index (χ2v) is 8.04. The minimum Gasteiger partial charge on any atom is -0.380 e. The molecule has 1 saturated carbocycles. The van der Waals surface area contributed by atoms with Crippen molar-refractivity contribution in [3.8, 4) is 0 Å². The largest absolute Gasteiger partial charge is 0.380 e. The smallest absolute Gasteiger partial charge is 0.253 e. The number of ether oxygens (including phenoxy) is 1. The Kier molecular flexibility index (Phi) is 5.40. The number of hydrogen-bond donors (Lipinski definition) is 0. The Morgan fingerprint density at radius 2 is 1.71 bits per heavy atom. The maximum absolute atomic E-state index is 12.8. The van der Waals surface area contributed by atoms with Crippen LogP contribution in [-0.2, 0) is 4.74 Å². The van der Waals surface area contributed by atoms with Crippen LogP contribution < -0.4 is 0 Å². The fourth-order valence-electron chi connectivity index (χ4n) is 4.21. The summed E-state index contributed by atoms with van der Waals surface area (Å²) in [5.41, 5.74) is 0.568. The minimum atomic E-state index is 0.0177. The molecule has 1 amide bonds. The monoisotopic (exact) mass is 370 g/mol. The molecule has 2 fully saturated rings. The second-order valence-electron chi connectivity index (χ2n) is 7.16. The average Bonchev–Trinajstić information content (AvgIpc) is 2.94. The topological polar surface area (TPSA) is 32.8 Å². The number of fused-ring (bicyclic) bond motifs is 1. The van der Waals surface area contributed by atoms with Crippen LogP contribution in [0.15, 0.2) is 18.2 Å². The van der Waals surface area contributed by atoms with Gasteiger partial charge in [-0.05, 0) is 57.0 Å². The van der Waals surface area contributed by atoms with Crippen LogP contribution in [0, 0.1) is 11.8 Å². The predicted octanol–water partition coefficient (Wildman–Crippen LogP) is 3.42. The molecule has 1 saturated heterocycles. The van der Waals surface area contributed by atoms with Gasteiger partial charge in [0.15, 0.2) is 0 Å². The number of carbonyl (C=O) groups is 1. The lowest BCUT2D eigenvalue weighted by molar-refractivity contribution is -0.0209. The Labute approximate surface area is 153 Å². The fourth-order valence-corrected chi connectivity index (χ4v) is 4.74. The van der Waals surface area contributed by atoms with Crippen molar-refractivity contribution in [3.63, 3.8) is 0 Å². The molecule has 1 aromatic carbocycles. The molecule has 132 valence electrons. The number of amides is 1. The molecule has 0 radical (unpaired) electrons. The lowest BCUT2D eigenvalue weighted by atomic mass is 9.77. The Morgan fingerprint density at radius 3 is 2.25 bits per heavy atom. The maximum atomic E-state index is 12.8. The summed E-state index contributed by atoms with van der Waals surface area (Å²) >= 11 is 12.1. The number of likely N-dealkylation sites (tertiary alicyclic amines) is 1. The Balaban J connectivity index is 1.74. The molecular formula is C18H24Cl2N2O2. The summed E-state index contributed by atoms with van der Waals surface area (Å²) in [6.07, 6.45) is 2.30. The second kappa shape index (κ2) is 7.20. The van der Waals surface area contributed by atoms with Crippen molar-refractivity contribution in [1.29, 1.82) is 0 Å². The van der Waals surface area contributed by atoms with E-state index in [-0.39, 0.29) is 12.0 Å². The van der Waals surface area contributed by atoms with E-state index in [4.69, 9.17) is 27.9 Å². The quantitative estimate of drug-likeness (QED) is 0.816. The van der Waals surface area contributed by atoms with Crippen LogP contribution in [-0.4, -0.2) is 62.1 Å².